The van der Waals surface area contributed by atoms with E-state index in [0.29, 0.717) is 17.9 Å². The minimum Gasteiger partial charge on any atom is -0.496 e. The topological polar surface area (TPSA) is 54.1 Å². The van der Waals surface area contributed by atoms with Gasteiger partial charge in [-0.1, -0.05) is 18.2 Å². The van der Waals surface area contributed by atoms with Crippen molar-refractivity contribution in [2.45, 2.75) is 6.42 Å². The van der Waals surface area contributed by atoms with Crippen LogP contribution in [0.25, 0.3) is 10.9 Å². The normalized spacial score (nSPS) is 10.6. The molecular formula is C18H18N2O2. The maximum atomic E-state index is 12.2. The maximum absolute atomic E-state index is 12.2. The van der Waals surface area contributed by atoms with Crippen LogP contribution in [0.5, 0.6) is 5.75 Å². The average Bonchev–Trinajstić information content (AvgIpc) is 3.02. The van der Waals surface area contributed by atoms with Crippen molar-refractivity contribution in [3.8, 4) is 5.75 Å². The standard InChI is InChI=1S/C18H18N2O2/c1-22-17-5-3-2-4-15(17)18(21)20-10-8-13-6-7-16-14(12-13)9-11-19-16/h2-7,9,11-12,19H,8,10H2,1H3,(H,20,21). The third kappa shape index (κ3) is 2.96. The first-order chi connectivity index (χ1) is 10.8. The lowest BCUT2D eigenvalue weighted by Gasteiger charge is -2.09. The van der Waals surface area contributed by atoms with E-state index in [-0.39, 0.29) is 5.91 Å². The van der Waals surface area contributed by atoms with E-state index in [1.807, 2.05) is 24.4 Å². The summed E-state index contributed by atoms with van der Waals surface area (Å²) in [7, 11) is 1.57. The van der Waals surface area contributed by atoms with Crippen molar-refractivity contribution in [1.82, 2.24) is 10.3 Å². The Morgan fingerprint density at radius 2 is 2.05 bits per heavy atom. The molecule has 0 saturated heterocycles. The lowest BCUT2D eigenvalue weighted by molar-refractivity contribution is 0.0951. The number of rotatable bonds is 5. The number of para-hydroxylation sites is 1. The first-order valence-electron chi connectivity index (χ1n) is 7.25. The van der Waals surface area contributed by atoms with Crippen LogP contribution < -0.4 is 10.1 Å². The summed E-state index contributed by atoms with van der Waals surface area (Å²) in [6.45, 7) is 0.590. The van der Waals surface area contributed by atoms with Crippen LogP contribution in [0, 0.1) is 0 Å². The van der Waals surface area contributed by atoms with E-state index >= 15 is 0 Å². The van der Waals surface area contributed by atoms with Gasteiger partial charge in [0, 0.05) is 18.3 Å². The molecule has 4 heteroatoms. The third-order valence-corrected chi connectivity index (χ3v) is 3.67. The fourth-order valence-corrected chi connectivity index (χ4v) is 2.51. The van der Waals surface area contributed by atoms with Crippen LogP contribution >= 0.6 is 0 Å². The molecule has 0 saturated carbocycles. The Balaban J connectivity index is 1.61. The molecule has 4 nitrogen and oxygen atoms in total. The van der Waals surface area contributed by atoms with Gasteiger partial charge in [0.25, 0.3) is 5.91 Å². The molecule has 3 aromatic rings. The van der Waals surface area contributed by atoms with E-state index in [2.05, 4.69) is 28.5 Å². The van der Waals surface area contributed by atoms with E-state index in [0.717, 1.165) is 11.9 Å². The number of aromatic amines is 1. The summed E-state index contributed by atoms with van der Waals surface area (Å²) in [5.74, 6) is 0.480. The molecule has 0 aliphatic heterocycles. The van der Waals surface area contributed by atoms with E-state index in [9.17, 15) is 4.79 Å². The third-order valence-electron chi connectivity index (χ3n) is 3.67. The van der Waals surface area contributed by atoms with Gasteiger partial charge >= 0.3 is 0 Å². The highest BCUT2D eigenvalue weighted by atomic mass is 16.5. The molecule has 0 fully saturated rings. The number of hydrogen-bond acceptors (Lipinski definition) is 2. The van der Waals surface area contributed by atoms with Crippen LogP contribution in [0.4, 0.5) is 0 Å². The monoisotopic (exact) mass is 294 g/mol. The van der Waals surface area contributed by atoms with E-state index < -0.39 is 0 Å². The molecule has 22 heavy (non-hydrogen) atoms. The molecule has 0 atom stereocenters. The second-order valence-electron chi connectivity index (χ2n) is 5.11. The van der Waals surface area contributed by atoms with Crippen LogP contribution in [0.3, 0.4) is 0 Å². The maximum Gasteiger partial charge on any atom is 0.255 e. The second-order valence-corrected chi connectivity index (χ2v) is 5.11. The Labute approximate surface area is 129 Å². The van der Waals surface area contributed by atoms with Gasteiger partial charge in [-0.3, -0.25) is 4.79 Å². The number of ether oxygens (including phenoxy) is 1. The first-order valence-corrected chi connectivity index (χ1v) is 7.25. The minimum atomic E-state index is -0.111. The number of fused-ring (bicyclic) bond motifs is 1. The van der Waals surface area contributed by atoms with Gasteiger partial charge < -0.3 is 15.0 Å². The summed E-state index contributed by atoms with van der Waals surface area (Å²) < 4.78 is 5.21. The first kappa shape index (κ1) is 14.2. The molecule has 1 amide bonds. The zero-order valence-electron chi connectivity index (χ0n) is 12.4. The minimum absolute atomic E-state index is 0.111. The summed E-state index contributed by atoms with van der Waals surface area (Å²) in [4.78, 5) is 15.4. The number of benzene rings is 2. The molecule has 0 spiro atoms. The number of H-pyrrole nitrogens is 1. The van der Waals surface area contributed by atoms with Crippen molar-refractivity contribution in [3.63, 3.8) is 0 Å². The van der Waals surface area contributed by atoms with Crippen LogP contribution in [0.1, 0.15) is 15.9 Å². The fraction of sp³-hybridized carbons (Fsp3) is 0.167. The van der Waals surface area contributed by atoms with Crippen molar-refractivity contribution in [1.29, 1.82) is 0 Å². The van der Waals surface area contributed by atoms with Gasteiger partial charge in [0.15, 0.2) is 0 Å². The summed E-state index contributed by atoms with van der Waals surface area (Å²) in [5, 5.41) is 4.13. The number of nitrogens with one attached hydrogen (secondary N) is 2. The number of carbonyl (C=O) groups excluding carboxylic acids is 1. The largest absolute Gasteiger partial charge is 0.496 e. The average molecular weight is 294 g/mol. The van der Waals surface area contributed by atoms with Gasteiger partial charge in [-0.25, -0.2) is 0 Å². The van der Waals surface area contributed by atoms with Crippen molar-refractivity contribution in [3.05, 3.63) is 65.9 Å². The van der Waals surface area contributed by atoms with Crippen LogP contribution in [0.2, 0.25) is 0 Å². The SMILES string of the molecule is COc1ccccc1C(=O)NCCc1ccc2[nH]ccc2c1. The summed E-state index contributed by atoms with van der Waals surface area (Å²) in [5.41, 5.74) is 2.89. The van der Waals surface area contributed by atoms with E-state index in [1.165, 1.54) is 10.9 Å². The molecule has 0 radical (unpaired) electrons. The van der Waals surface area contributed by atoms with Gasteiger partial charge in [-0.2, -0.15) is 0 Å². The van der Waals surface area contributed by atoms with Gasteiger partial charge in [0.05, 0.1) is 12.7 Å². The van der Waals surface area contributed by atoms with Gasteiger partial charge in [0.1, 0.15) is 5.75 Å². The molecule has 0 aliphatic carbocycles. The van der Waals surface area contributed by atoms with Crippen LogP contribution in [-0.4, -0.2) is 24.5 Å². The Hall–Kier alpha value is -2.75. The highest BCUT2D eigenvalue weighted by Crippen LogP contribution is 2.17. The summed E-state index contributed by atoms with van der Waals surface area (Å²) >= 11 is 0. The number of methoxy groups -OCH3 is 1. The Morgan fingerprint density at radius 3 is 2.91 bits per heavy atom. The highest BCUT2D eigenvalue weighted by Gasteiger charge is 2.10. The number of carbonyl (C=O) groups is 1. The van der Waals surface area contributed by atoms with Gasteiger partial charge in [-0.05, 0) is 47.7 Å². The Bertz CT molecular complexity index is 792. The zero-order chi connectivity index (χ0) is 15.4. The molecule has 0 unspecified atom stereocenters. The van der Waals surface area contributed by atoms with Crippen LogP contribution in [0.15, 0.2) is 54.7 Å². The molecule has 2 aromatic carbocycles. The molecule has 1 aromatic heterocycles. The molecule has 2 N–H and O–H groups in total. The lowest BCUT2D eigenvalue weighted by Crippen LogP contribution is -2.26. The summed E-state index contributed by atoms with van der Waals surface area (Å²) in [6, 6.07) is 15.6. The van der Waals surface area contributed by atoms with Crippen molar-refractivity contribution in [2.75, 3.05) is 13.7 Å². The zero-order valence-corrected chi connectivity index (χ0v) is 12.4. The number of hydrogen-bond donors (Lipinski definition) is 2. The molecule has 1 heterocycles. The van der Waals surface area contributed by atoms with E-state index in [1.54, 1.807) is 19.2 Å². The van der Waals surface area contributed by atoms with Gasteiger partial charge in [-0.15, -0.1) is 0 Å². The molecule has 0 aliphatic rings. The smallest absolute Gasteiger partial charge is 0.255 e. The Kier molecular flexibility index (Phi) is 4.10. The fourth-order valence-electron chi connectivity index (χ4n) is 2.51. The van der Waals surface area contributed by atoms with Gasteiger partial charge in [0.2, 0.25) is 0 Å². The lowest BCUT2D eigenvalue weighted by atomic mass is 10.1. The Morgan fingerprint density at radius 1 is 1.18 bits per heavy atom. The number of amides is 1. The molecule has 112 valence electrons. The van der Waals surface area contributed by atoms with Crippen LogP contribution in [-0.2, 0) is 6.42 Å². The molecular weight excluding hydrogens is 276 g/mol. The predicted molar refractivity (Wildman–Crippen MR) is 87.3 cm³/mol. The quantitative estimate of drug-likeness (QED) is 0.759. The van der Waals surface area contributed by atoms with E-state index in [4.69, 9.17) is 4.74 Å². The van der Waals surface area contributed by atoms with Crippen molar-refractivity contribution >= 4 is 16.8 Å². The van der Waals surface area contributed by atoms with Crippen molar-refractivity contribution < 1.29 is 9.53 Å². The summed E-state index contributed by atoms with van der Waals surface area (Å²) in [6.07, 6.45) is 2.72. The second kappa shape index (κ2) is 6.35. The molecule has 3 rings (SSSR count). The number of aromatic nitrogens is 1. The molecule has 0 bridgehead atoms. The highest BCUT2D eigenvalue weighted by molar-refractivity contribution is 5.96. The predicted octanol–water partition coefficient (Wildman–Crippen LogP) is 3.15. The van der Waals surface area contributed by atoms with Crippen molar-refractivity contribution in [2.24, 2.45) is 0 Å².